The van der Waals surface area contributed by atoms with Gasteiger partial charge >= 0.3 is 0 Å². The number of likely N-dealkylation sites (tertiary alicyclic amines) is 1. The molecule has 1 fully saturated rings. The number of hydrogen-bond donors (Lipinski definition) is 0. The lowest BCUT2D eigenvalue weighted by molar-refractivity contribution is -0.112. The van der Waals surface area contributed by atoms with E-state index in [-0.39, 0.29) is 5.78 Å². The lowest BCUT2D eigenvalue weighted by atomic mass is 9.92. The van der Waals surface area contributed by atoms with Gasteiger partial charge in [-0.2, -0.15) is 0 Å². The summed E-state index contributed by atoms with van der Waals surface area (Å²) >= 11 is 0. The second-order valence-electron chi connectivity index (χ2n) is 10.3. The van der Waals surface area contributed by atoms with Gasteiger partial charge in [-0.15, -0.1) is 0 Å². The van der Waals surface area contributed by atoms with Crippen molar-refractivity contribution in [2.75, 3.05) is 19.6 Å². The molecule has 0 unspecified atom stereocenters. The molecule has 6 rings (SSSR count). The Labute approximate surface area is 224 Å². The first-order valence-corrected chi connectivity index (χ1v) is 13.6. The molecule has 0 spiro atoms. The quantitative estimate of drug-likeness (QED) is 0.300. The molecule has 0 N–H and O–H groups in total. The molecule has 4 aromatic rings. The van der Waals surface area contributed by atoms with Crippen molar-refractivity contribution in [3.05, 3.63) is 108 Å². The summed E-state index contributed by atoms with van der Waals surface area (Å²) in [5.41, 5.74) is 9.32. The van der Waals surface area contributed by atoms with Gasteiger partial charge in [-0.05, 0) is 79.2 Å². The van der Waals surface area contributed by atoms with Crippen LogP contribution in [-0.4, -0.2) is 46.0 Å². The molecule has 0 saturated carbocycles. The van der Waals surface area contributed by atoms with E-state index in [1.807, 2.05) is 42.9 Å². The van der Waals surface area contributed by atoms with Gasteiger partial charge in [-0.1, -0.05) is 48.5 Å². The Bertz CT molecular complexity index is 1460. The summed E-state index contributed by atoms with van der Waals surface area (Å²) in [6.07, 6.45) is 10.0. The van der Waals surface area contributed by atoms with Crippen molar-refractivity contribution >= 4 is 11.5 Å². The van der Waals surface area contributed by atoms with Gasteiger partial charge < -0.3 is 0 Å². The zero-order chi connectivity index (χ0) is 25.7. The molecule has 190 valence electrons. The summed E-state index contributed by atoms with van der Waals surface area (Å²) in [6.45, 7) is 3.96. The molecular formula is C33H32N4O. The highest BCUT2D eigenvalue weighted by atomic mass is 16.1. The number of Topliss-reactive ketones (excluding diaryl/α,β-unsaturated/α-hetero) is 1. The van der Waals surface area contributed by atoms with Crippen LogP contribution in [0.15, 0.2) is 90.3 Å². The van der Waals surface area contributed by atoms with Gasteiger partial charge in [-0.3, -0.25) is 24.7 Å². The third kappa shape index (κ3) is 5.48. The molecule has 2 aliphatic rings. The minimum atomic E-state index is 0.0992. The molecule has 0 atom stereocenters. The van der Waals surface area contributed by atoms with Crippen LogP contribution in [0, 0.1) is 0 Å². The Morgan fingerprint density at radius 1 is 0.816 bits per heavy atom. The maximum absolute atomic E-state index is 13.5. The molecule has 0 radical (unpaired) electrons. The second kappa shape index (κ2) is 11.2. The van der Waals surface area contributed by atoms with Gasteiger partial charge in [-0.25, -0.2) is 0 Å². The van der Waals surface area contributed by atoms with Gasteiger partial charge in [0.2, 0.25) is 0 Å². The molecule has 5 heteroatoms. The molecule has 2 aromatic heterocycles. The highest BCUT2D eigenvalue weighted by Crippen LogP contribution is 2.27. The topological polar surface area (TPSA) is 58.5 Å². The maximum atomic E-state index is 13.5. The number of aromatic nitrogens is 2. The average molecular weight is 501 g/mol. The summed E-state index contributed by atoms with van der Waals surface area (Å²) in [4.78, 5) is 29.8. The molecule has 2 aromatic carbocycles. The summed E-state index contributed by atoms with van der Waals surface area (Å²) in [5.74, 6) is 0.0992. The van der Waals surface area contributed by atoms with Crippen molar-refractivity contribution in [3.8, 4) is 22.4 Å². The fourth-order valence-electron chi connectivity index (χ4n) is 5.24. The Balaban J connectivity index is 1.19. The first kappa shape index (κ1) is 24.4. The summed E-state index contributed by atoms with van der Waals surface area (Å²) in [6, 6.07) is 23.0. The number of benzene rings is 2. The zero-order valence-electron chi connectivity index (χ0n) is 21.6. The molecule has 0 aliphatic carbocycles. The summed E-state index contributed by atoms with van der Waals surface area (Å²) in [5, 5.41) is 0. The lowest BCUT2D eigenvalue weighted by Crippen LogP contribution is -2.36. The number of pyridine rings is 2. The third-order valence-corrected chi connectivity index (χ3v) is 7.52. The molecule has 38 heavy (non-hydrogen) atoms. The van der Waals surface area contributed by atoms with E-state index >= 15 is 0 Å². The van der Waals surface area contributed by atoms with Crippen LogP contribution >= 0.6 is 0 Å². The van der Waals surface area contributed by atoms with Gasteiger partial charge in [0.05, 0.1) is 5.69 Å². The highest BCUT2D eigenvalue weighted by molar-refractivity contribution is 6.46. The molecule has 0 amide bonds. The number of rotatable bonds is 8. The Morgan fingerprint density at radius 3 is 2.50 bits per heavy atom. The van der Waals surface area contributed by atoms with Crippen LogP contribution in [0.5, 0.6) is 0 Å². The standard InChI is InChI=1S/C33H32N4O/c38-32(14-10-24-9-13-31(36-21-24)27-6-2-1-3-7-27)33-30-19-28(12-11-26(30)8-4-15-35-33)29-18-25(20-34-22-29)23-37-16-5-17-37/h1-3,6-7,9,11-13,18-22H,4-5,8,10,14-17,23H2. The van der Waals surface area contributed by atoms with E-state index in [1.54, 1.807) is 0 Å². The Hall–Kier alpha value is -3.96. The molecule has 4 heterocycles. The second-order valence-corrected chi connectivity index (χ2v) is 10.3. The van der Waals surface area contributed by atoms with E-state index in [0.29, 0.717) is 25.1 Å². The fraction of sp³-hybridized carbons (Fsp3) is 0.273. The number of fused-ring (bicyclic) bond motifs is 1. The van der Waals surface area contributed by atoms with Crippen LogP contribution in [0.2, 0.25) is 0 Å². The highest BCUT2D eigenvalue weighted by Gasteiger charge is 2.21. The number of aliphatic imine (C=N–C) groups is 1. The normalized spacial score (nSPS) is 15.2. The molecule has 5 nitrogen and oxygen atoms in total. The molecular weight excluding hydrogens is 468 g/mol. The molecule has 0 bridgehead atoms. The smallest absolute Gasteiger partial charge is 0.181 e. The van der Waals surface area contributed by atoms with Crippen LogP contribution < -0.4 is 0 Å². The number of nitrogens with zero attached hydrogens (tertiary/aromatic N) is 4. The van der Waals surface area contributed by atoms with E-state index in [9.17, 15) is 4.79 Å². The average Bonchev–Trinajstić information content (AvgIpc) is 3.17. The number of carbonyl (C=O) groups excluding carboxylic acids is 1. The predicted molar refractivity (Wildman–Crippen MR) is 152 cm³/mol. The predicted octanol–water partition coefficient (Wildman–Crippen LogP) is 5.95. The Morgan fingerprint density at radius 2 is 1.71 bits per heavy atom. The van der Waals surface area contributed by atoms with Crippen LogP contribution in [0.1, 0.15) is 41.5 Å². The SMILES string of the molecule is O=C(CCc1ccc(-c2ccccc2)nc1)C1=NCCCc2ccc(-c3cncc(CN4CCC4)c3)cc21. The van der Waals surface area contributed by atoms with Crippen molar-refractivity contribution in [3.63, 3.8) is 0 Å². The van der Waals surface area contributed by atoms with Crippen LogP contribution in [-0.2, 0) is 24.2 Å². The van der Waals surface area contributed by atoms with Gasteiger partial charge in [0.25, 0.3) is 0 Å². The van der Waals surface area contributed by atoms with Crippen LogP contribution in [0.3, 0.4) is 0 Å². The van der Waals surface area contributed by atoms with E-state index in [1.165, 1.54) is 17.5 Å². The van der Waals surface area contributed by atoms with E-state index in [2.05, 4.69) is 57.3 Å². The van der Waals surface area contributed by atoms with Crippen molar-refractivity contribution in [2.24, 2.45) is 4.99 Å². The zero-order valence-corrected chi connectivity index (χ0v) is 21.6. The van der Waals surface area contributed by atoms with Crippen molar-refractivity contribution in [1.29, 1.82) is 0 Å². The Kier molecular flexibility index (Phi) is 7.18. The van der Waals surface area contributed by atoms with Gasteiger partial charge in [0.1, 0.15) is 5.71 Å². The van der Waals surface area contributed by atoms with Crippen molar-refractivity contribution < 1.29 is 4.79 Å². The third-order valence-electron chi connectivity index (χ3n) is 7.52. The van der Waals surface area contributed by atoms with Gasteiger partial charge in [0, 0.05) is 54.8 Å². The monoisotopic (exact) mass is 500 g/mol. The molecule has 1 saturated heterocycles. The first-order valence-electron chi connectivity index (χ1n) is 13.6. The fourth-order valence-corrected chi connectivity index (χ4v) is 5.24. The number of aryl methyl sites for hydroxylation is 2. The van der Waals surface area contributed by atoms with E-state index in [0.717, 1.165) is 66.0 Å². The van der Waals surface area contributed by atoms with Crippen molar-refractivity contribution in [1.82, 2.24) is 14.9 Å². The van der Waals surface area contributed by atoms with Gasteiger partial charge in [0.15, 0.2) is 5.78 Å². The van der Waals surface area contributed by atoms with Crippen molar-refractivity contribution in [2.45, 2.75) is 38.6 Å². The summed E-state index contributed by atoms with van der Waals surface area (Å²) in [7, 11) is 0. The number of carbonyl (C=O) groups is 1. The largest absolute Gasteiger partial charge is 0.299 e. The lowest BCUT2D eigenvalue weighted by Gasteiger charge is -2.30. The van der Waals surface area contributed by atoms with E-state index in [4.69, 9.17) is 4.99 Å². The number of ketones is 1. The minimum Gasteiger partial charge on any atom is -0.299 e. The van der Waals surface area contributed by atoms with E-state index < -0.39 is 0 Å². The van der Waals surface area contributed by atoms with Crippen LogP contribution in [0.4, 0.5) is 0 Å². The van der Waals surface area contributed by atoms with Crippen LogP contribution in [0.25, 0.3) is 22.4 Å². The molecule has 2 aliphatic heterocycles. The first-order chi connectivity index (χ1) is 18.7. The maximum Gasteiger partial charge on any atom is 0.181 e. The summed E-state index contributed by atoms with van der Waals surface area (Å²) < 4.78 is 0. The minimum absolute atomic E-state index is 0.0992. The number of hydrogen-bond acceptors (Lipinski definition) is 5.